The maximum Gasteiger partial charge on any atom is 0.274 e. The molecule has 0 unspecified atom stereocenters. The Hall–Kier alpha value is -1.49. The third-order valence-electron chi connectivity index (χ3n) is 2.23. The molecule has 19 heavy (non-hydrogen) atoms. The fraction of sp³-hybridized carbons (Fsp3) is 0. The largest absolute Gasteiger partial charge is 0.505 e. The third kappa shape index (κ3) is 3.29. The Morgan fingerprint density at radius 3 is 2.32 bits per heavy atom. The molecular formula is C12H7Cl3N2O2. The summed E-state index contributed by atoms with van der Waals surface area (Å²) in [4.78, 5) is 15.7. The van der Waals surface area contributed by atoms with Crippen LogP contribution in [0.15, 0.2) is 30.5 Å². The van der Waals surface area contributed by atoms with E-state index in [4.69, 9.17) is 34.8 Å². The first-order valence-electron chi connectivity index (χ1n) is 5.08. The van der Waals surface area contributed by atoms with Crippen molar-refractivity contribution in [2.45, 2.75) is 0 Å². The molecule has 0 aliphatic heterocycles. The van der Waals surface area contributed by atoms with Gasteiger partial charge in [-0.25, -0.2) is 4.98 Å². The monoisotopic (exact) mass is 316 g/mol. The number of phenolic OH excluding ortho intramolecular Hbond substituents is 1. The van der Waals surface area contributed by atoms with E-state index in [2.05, 4.69) is 10.3 Å². The number of rotatable bonds is 2. The number of phenols is 1. The molecule has 1 amide bonds. The molecule has 0 radical (unpaired) electrons. The van der Waals surface area contributed by atoms with Gasteiger partial charge in [-0.05, 0) is 24.3 Å². The Morgan fingerprint density at radius 2 is 1.79 bits per heavy atom. The van der Waals surface area contributed by atoms with Gasteiger partial charge in [0, 0.05) is 11.9 Å². The number of halogens is 3. The molecule has 1 heterocycles. The lowest BCUT2D eigenvalue weighted by molar-refractivity contribution is 0.102. The zero-order valence-corrected chi connectivity index (χ0v) is 11.6. The number of hydrogen-bond donors (Lipinski definition) is 2. The Morgan fingerprint density at radius 1 is 1.16 bits per heavy atom. The van der Waals surface area contributed by atoms with Crippen molar-refractivity contribution in [1.82, 2.24) is 4.98 Å². The van der Waals surface area contributed by atoms with Gasteiger partial charge in [-0.2, -0.15) is 0 Å². The molecule has 1 aromatic heterocycles. The van der Waals surface area contributed by atoms with Gasteiger partial charge in [0.15, 0.2) is 5.75 Å². The Labute approximate surface area is 123 Å². The normalized spacial score (nSPS) is 10.3. The Bertz CT molecular complexity index is 606. The molecule has 0 atom stereocenters. The van der Waals surface area contributed by atoms with Gasteiger partial charge in [0.1, 0.15) is 5.69 Å². The van der Waals surface area contributed by atoms with Crippen LogP contribution in [0, 0.1) is 0 Å². The number of nitrogens with zero attached hydrogens (tertiary/aromatic N) is 1. The van der Waals surface area contributed by atoms with Crippen LogP contribution in [0.25, 0.3) is 0 Å². The zero-order valence-electron chi connectivity index (χ0n) is 9.32. The van der Waals surface area contributed by atoms with Crippen molar-refractivity contribution in [1.29, 1.82) is 0 Å². The molecule has 98 valence electrons. The molecular weight excluding hydrogens is 311 g/mol. The lowest BCUT2D eigenvalue weighted by Gasteiger charge is -2.07. The van der Waals surface area contributed by atoms with Gasteiger partial charge in [0.05, 0.1) is 15.1 Å². The number of benzene rings is 1. The fourth-order valence-corrected chi connectivity index (χ4v) is 1.94. The number of pyridine rings is 1. The SMILES string of the molecule is O=C(Nc1cc(Cl)c(O)c(Cl)c1)c1ccc(Cl)cn1. The van der Waals surface area contributed by atoms with E-state index in [-0.39, 0.29) is 21.5 Å². The van der Waals surface area contributed by atoms with Gasteiger partial charge in [-0.1, -0.05) is 34.8 Å². The van der Waals surface area contributed by atoms with Crippen LogP contribution >= 0.6 is 34.8 Å². The molecule has 1 aromatic carbocycles. The van der Waals surface area contributed by atoms with E-state index in [1.54, 1.807) is 6.07 Å². The van der Waals surface area contributed by atoms with Gasteiger partial charge >= 0.3 is 0 Å². The van der Waals surface area contributed by atoms with E-state index >= 15 is 0 Å². The van der Waals surface area contributed by atoms with Gasteiger partial charge in [0.2, 0.25) is 0 Å². The molecule has 7 heteroatoms. The summed E-state index contributed by atoms with van der Waals surface area (Å²) in [5, 5.41) is 12.5. The number of carbonyl (C=O) groups is 1. The summed E-state index contributed by atoms with van der Waals surface area (Å²) < 4.78 is 0. The van der Waals surface area contributed by atoms with E-state index < -0.39 is 5.91 Å². The Kier molecular flexibility index (Phi) is 4.14. The first kappa shape index (κ1) is 13.9. The molecule has 0 bridgehead atoms. The number of aromatic hydroxyl groups is 1. The summed E-state index contributed by atoms with van der Waals surface area (Å²) in [7, 11) is 0. The fourth-order valence-electron chi connectivity index (χ4n) is 1.34. The molecule has 0 spiro atoms. The molecule has 0 fully saturated rings. The predicted octanol–water partition coefficient (Wildman–Crippen LogP) is 4.00. The molecule has 2 rings (SSSR count). The van der Waals surface area contributed by atoms with Crippen LogP contribution in [-0.4, -0.2) is 16.0 Å². The number of anilines is 1. The summed E-state index contributed by atoms with van der Waals surface area (Å²) in [5.41, 5.74) is 0.555. The van der Waals surface area contributed by atoms with Crippen molar-refractivity contribution in [3.63, 3.8) is 0 Å². The van der Waals surface area contributed by atoms with Crippen molar-refractivity contribution >= 4 is 46.4 Å². The van der Waals surface area contributed by atoms with Crippen molar-refractivity contribution in [3.8, 4) is 5.75 Å². The number of aromatic nitrogens is 1. The minimum absolute atomic E-state index is 0.0480. The maximum absolute atomic E-state index is 11.9. The molecule has 0 saturated carbocycles. The average Bonchev–Trinajstić information content (AvgIpc) is 2.36. The lowest BCUT2D eigenvalue weighted by Crippen LogP contribution is -2.13. The van der Waals surface area contributed by atoms with Crippen molar-refractivity contribution < 1.29 is 9.90 Å². The molecule has 0 aliphatic carbocycles. The van der Waals surface area contributed by atoms with Gasteiger partial charge in [0.25, 0.3) is 5.91 Å². The van der Waals surface area contributed by atoms with Crippen LogP contribution in [0.5, 0.6) is 5.75 Å². The Balaban J connectivity index is 2.22. The molecule has 0 saturated heterocycles. The van der Waals surface area contributed by atoms with Crippen LogP contribution in [0.4, 0.5) is 5.69 Å². The number of nitrogens with one attached hydrogen (secondary N) is 1. The van der Waals surface area contributed by atoms with Crippen LogP contribution in [0.1, 0.15) is 10.5 Å². The van der Waals surface area contributed by atoms with Crippen LogP contribution in [0.3, 0.4) is 0 Å². The summed E-state index contributed by atoms with van der Waals surface area (Å²) in [6, 6.07) is 5.81. The first-order valence-corrected chi connectivity index (χ1v) is 6.21. The molecule has 0 aliphatic rings. The second-order valence-corrected chi connectivity index (χ2v) is 4.86. The number of hydrogen-bond acceptors (Lipinski definition) is 3. The maximum atomic E-state index is 11.9. The highest BCUT2D eigenvalue weighted by Gasteiger charge is 2.11. The van der Waals surface area contributed by atoms with Crippen LogP contribution in [0.2, 0.25) is 15.1 Å². The summed E-state index contributed by atoms with van der Waals surface area (Å²) >= 11 is 17.2. The second-order valence-electron chi connectivity index (χ2n) is 3.60. The smallest absolute Gasteiger partial charge is 0.274 e. The molecule has 4 nitrogen and oxygen atoms in total. The van der Waals surface area contributed by atoms with E-state index in [1.165, 1.54) is 24.4 Å². The highest BCUT2D eigenvalue weighted by Crippen LogP contribution is 2.34. The topological polar surface area (TPSA) is 62.2 Å². The van der Waals surface area contributed by atoms with Gasteiger partial charge in [-0.15, -0.1) is 0 Å². The third-order valence-corrected chi connectivity index (χ3v) is 3.03. The van der Waals surface area contributed by atoms with Crippen LogP contribution < -0.4 is 5.32 Å². The van der Waals surface area contributed by atoms with Crippen LogP contribution in [-0.2, 0) is 0 Å². The minimum Gasteiger partial charge on any atom is -0.505 e. The minimum atomic E-state index is -0.436. The standard InChI is InChI=1S/C12H7Cl3N2O2/c13-6-1-2-10(16-5-6)12(19)17-7-3-8(14)11(18)9(15)4-7/h1-5,18H,(H,17,19). The van der Waals surface area contributed by atoms with Gasteiger partial charge in [-0.3, -0.25) is 4.79 Å². The highest BCUT2D eigenvalue weighted by molar-refractivity contribution is 6.37. The number of carbonyl (C=O) groups excluding carboxylic acids is 1. The predicted molar refractivity (Wildman–Crippen MR) is 75.3 cm³/mol. The van der Waals surface area contributed by atoms with E-state index in [1.807, 2.05) is 0 Å². The summed E-state index contributed by atoms with van der Waals surface area (Å²) in [5.74, 6) is -0.666. The van der Waals surface area contributed by atoms with Crippen molar-refractivity contribution in [2.24, 2.45) is 0 Å². The van der Waals surface area contributed by atoms with E-state index in [9.17, 15) is 9.90 Å². The second kappa shape index (κ2) is 5.65. The van der Waals surface area contributed by atoms with Gasteiger partial charge < -0.3 is 10.4 Å². The number of amides is 1. The zero-order chi connectivity index (χ0) is 14.0. The van der Waals surface area contributed by atoms with E-state index in [0.717, 1.165) is 0 Å². The molecule has 2 N–H and O–H groups in total. The van der Waals surface area contributed by atoms with E-state index in [0.29, 0.717) is 10.7 Å². The molecule has 2 aromatic rings. The average molecular weight is 318 g/mol. The highest BCUT2D eigenvalue weighted by atomic mass is 35.5. The summed E-state index contributed by atoms with van der Waals surface area (Å²) in [6.45, 7) is 0. The van der Waals surface area contributed by atoms with Crippen molar-refractivity contribution in [2.75, 3.05) is 5.32 Å². The quantitative estimate of drug-likeness (QED) is 0.823. The lowest BCUT2D eigenvalue weighted by atomic mass is 10.2. The first-order chi connectivity index (χ1) is 8.97. The van der Waals surface area contributed by atoms with Crippen molar-refractivity contribution in [3.05, 3.63) is 51.2 Å². The summed E-state index contributed by atoms with van der Waals surface area (Å²) in [6.07, 6.45) is 1.37.